The Kier molecular flexibility index (Phi) is 51.6. The normalized spacial score (nSPS) is 14.5. The van der Waals surface area contributed by atoms with E-state index in [-0.39, 0.29) is 32.0 Å². The number of likely N-dealkylation sites (N-methyl/N-ethyl adjacent to an activating group) is 1. The number of nitrogens with zero attached hydrogens (tertiary/aromatic N) is 1. The zero-order valence-electron chi connectivity index (χ0n) is 49.0. The fourth-order valence-electron chi connectivity index (χ4n) is 8.05. The number of quaternary nitrogens is 1. The molecule has 0 saturated carbocycles. The Morgan fingerprint density at radius 2 is 0.867 bits per heavy atom. The molecule has 9 nitrogen and oxygen atoms in total. The third-order valence-corrected chi connectivity index (χ3v) is 13.7. The number of phosphoric acid groups is 1. The first-order valence-electron chi connectivity index (χ1n) is 30.2. The van der Waals surface area contributed by atoms with Gasteiger partial charge in [0.25, 0.3) is 0 Å². The largest absolute Gasteiger partial charge is 0.472 e. The molecule has 0 aromatic rings. The highest BCUT2D eigenvalue weighted by Crippen LogP contribution is 2.43. The third kappa shape index (κ3) is 55.2. The van der Waals surface area contributed by atoms with Gasteiger partial charge in [-0.05, 0) is 102 Å². The van der Waals surface area contributed by atoms with Crippen LogP contribution in [0.15, 0.2) is 109 Å². The molecule has 0 aromatic heterocycles. The molecule has 0 bridgehead atoms. The van der Waals surface area contributed by atoms with E-state index < -0.39 is 25.9 Å². The molecule has 0 aromatic carbocycles. The minimum atomic E-state index is -4.47. The maximum Gasteiger partial charge on any atom is 0.472 e. The van der Waals surface area contributed by atoms with Gasteiger partial charge in [-0.25, -0.2) is 4.57 Å². The number of hydrogen-bond acceptors (Lipinski definition) is 6. The van der Waals surface area contributed by atoms with E-state index in [1.807, 2.05) is 39.4 Å². The summed E-state index contributed by atoms with van der Waals surface area (Å²) in [6.45, 7) is 6.82. The number of rotatable bonds is 53. The lowest BCUT2D eigenvalue weighted by Crippen LogP contribution is -2.47. The van der Waals surface area contributed by atoms with Crippen LogP contribution in [0.25, 0.3) is 0 Å². The lowest BCUT2D eigenvalue weighted by molar-refractivity contribution is -0.870. The quantitative estimate of drug-likeness (QED) is 0.0205. The maximum absolute atomic E-state index is 13.5. The van der Waals surface area contributed by atoms with Crippen molar-refractivity contribution in [1.29, 1.82) is 0 Å². The van der Waals surface area contributed by atoms with Crippen LogP contribution >= 0.6 is 7.82 Å². The maximum atomic E-state index is 13.5. The molecule has 3 atom stereocenters. The van der Waals surface area contributed by atoms with Crippen molar-refractivity contribution in [2.75, 3.05) is 40.9 Å². The second kappa shape index (κ2) is 54.0. The number of esters is 1. The Hall–Kier alpha value is -3.33. The van der Waals surface area contributed by atoms with Gasteiger partial charge in [0.15, 0.2) is 0 Å². The van der Waals surface area contributed by atoms with Gasteiger partial charge in [-0.15, -0.1) is 0 Å². The highest BCUT2D eigenvalue weighted by Gasteiger charge is 2.30. The Morgan fingerprint density at radius 3 is 1.31 bits per heavy atom. The van der Waals surface area contributed by atoms with Crippen molar-refractivity contribution in [3.8, 4) is 0 Å². The molecular weight excluding hydrogens is 952 g/mol. The van der Waals surface area contributed by atoms with Gasteiger partial charge in [0.1, 0.15) is 19.3 Å². The van der Waals surface area contributed by atoms with Crippen LogP contribution in [0.4, 0.5) is 0 Å². The molecule has 0 aliphatic rings. The lowest BCUT2D eigenvalue weighted by Gasteiger charge is -2.27. The summed E-state index contributed by atoms with van der Waals surface area (Å²) in [4.78, 5) is 37.6. The number of phosphoric ester groups is 1. The second-order valence-electron chi connectivity index (χ2n) is 21.1. The molecular formula is C65H114N2O7P+. The molecule has 0 rings (SSSR count). The van der Waals surface area contributed by atoms with Crippen LogP contribution in [0.5, 0.6) is 0 Å². The predicted octanol–water partition coefficient (Wildman–Crippen LogP) is 18.6. The topological polar surface area (TPSA) is 111 Å². The molecule has 10 heteroatoms. The van der Waals surface area contributed by atoms with E-state index in [1.165, 1.54) is 96.3 Å². The van der Waals surface area contributed by atoms with Gasteiger partial charge in [-0.3, -0.25) is 18.6 Å². The summed E-state index contributed by atoms with van der Waals surface area (Å²) >= 11 is 0. The Bertz CT molecular complexity index is 1650. The summed E-state index contributed by atoms with van der Waals surface area (Å²) in [5.74, 6) is -0.619. The van der Waals surface area contributed by atoms with E-state index in [1.54, 1.807) is 0 Å². The average molecular weight is 1070 g/mol. The fraction of sp³-hybridized carbons (Fsp3) is 0.692. The molecule has 430 valence electrons. The monoisotopic (exact) mass is 1070 g/mol. The first-order valence-corrected chi connectivity index (χ1v) is 31.7. The van der Waals surface area contributed by atoms with E-state index in [9.17, 15) is 19.0 Å². The number of ether oxygens (including phenoxy) is 1. The van der Waals surface area contributed by atoms with Crippen molar-refractivity contribution in [3.63, 3.8) is 0 Å². The number of amides is 1. The number of unbranched alkanes of at least 4 members (excludes halogenated alkanes) is 21. The first kappa shape index (κ1) is 71.7. The van der Waals surface area contributed by atoms with Crippen LogP contribution in [0.1, 0.15) is 239 Å². The average Bonchev–Trinajstić information content (AvgIpc) is 3.37. The van der Waals surface area contributed by atoms with Crippen LogP contribution in [-0.2, 0) is 27.9 Å². The van der Waals surface area contributed by atoms with Crippen LogP contribution in [0.2, 0.25) is 0 Å². The number of allylic oxidation sites excluding steroid dienone is 17. The highest BCUT2D eigenvalue weighted by atomic mass is 31.2. The van der Waals surface area contributed by atoms with E-state index in [2.05, 4.69) is 117 Å². The van der Waals surface area contributed by atoms with Crippen molar-refractivity contribution in [1.82, 2.24) is 5.32 Å². The summed E-state index contributed by atoms with van der Waals surface area (Å²) in [7, 11) is 1.44. The smallest absolute Gasteiger partial charge is 0.456 e. The first-order chi connectivity index (χ1) is 36.4. The lowest BCUT2D eigenvalue weighted by atomic mass is 10.0. The molecule has 2 N–H and O–H groups in total. The standard InChI is InChI=1S/C65H113N2O7P/c1-7-10-13-16-19-22-25-28-29-30-31-32-33-34-35-36-37-40-42-45-48-51-54-57-64(68)66-62(61-73-75(70,71)72-60-59-67(4,5)6)63(56-53-50-47-44-41-38-26-23-20-17-14-11-8-2)74-65(69)58-55-52-49-46-43-39-27-24-21-18-15-12-9-3/h10,13,19,22,28-29,31-32,34-35,37,39-40,43,49,52-53,56,62-63H,7-9,11-12,14-18,20-21,23-27,30,33,36,38,41-42,44-48,50-51,54-55,57-61H2,1-6H3,(H-,66,68,70,71)/p+1/b13-10-,22-19-,29-28-,32-31-,35-34-,40-37-,43-39-,52-49+,56-53-. The Balaban J connectivity index is 5.38. The molecule has 0 radical (unpaired) electrons. The molecule has 75 heavy (non-hydrogen) atoms. The van der Waals surface area contributed by atoms with E-state index in [0.29, 0.717) is 23.9 Å². The van der Waals surface area contributed by atoms with Crippen molar-refractivity contribution in [2.45, 2.75) is 251 Å². The Morgan fingerprint density at radius 1 is 0.480 bits per heavy atom. The van der Waals surface area contributed by atoms with Crippen LogP contribution in [0.3, 0.4) is 0 Å². The van der Waals surface area contributed by atoms with Crippen molar-refractivity contribution in [3.05, 3.63) is 109 Å². The van der Waals surface area contributed by atoms with E-state index in [4.69, 9.17) is 13.8 Å². The van der Waals surface area contributed by atoms with Crippen molar-refractivity contribution < 1.29 is 37.3 Å². The number of carbonyl (C=O) groups is 2. The SMILES string of the molecule is CC/C=C\C/C=C\C/C=C\C/C=C\C/C=C\C/C=C\CCCCCCC(=O)NC(COP(=O)(O)OCC[N+](C)(C)C)C(/C=C\CCCCCCCCCCCCC)OC(=O)CC/C=C/C/C=C\CCCCCCCC. The van der Waals surface area contributed by atoms with Gasteiger partial charge < -0.3 is 19.4 Å². The minimum Gasteiger partial charge on any atom is -0.456 e. The summed E-state index contributed by atoms with van der Waals surface area (Å²) in [6.07, 6.45) is 73.9. The van der Waals surface area contributed by atoms with Gasteiger partial charge in [0.2, 0.25) is 5.91 Å². The van der Waals surface area contributed by atoms with Gasteiger partial charge >= 0.3 is 13.8 Å². The molecule has 1 amide bonds. The van der Waals surface area contributed by atoms with E-state index >= 15 is 0 Å². The number of hydrogen-bond donors (Lipinski definition) is 2. The summed E-state index contributed by atoms with van der Waals surface area (Å²) in [5.41, 5.74) is 0. The predicted molar refractivity (Wildman–Crippen MR) is 323 cm³/mol. The molecule has 0 heterocycles. The summed E-state index contributed by atoms with van der Waals surface area (Å²) in [5, 5.41) is 3.02. The van der Waals surface area contributed by atoms with Gasteiger partial charge in [0.05, 0.1) is 33.8 Å². The van der Waals surface area contributed by atoms with E-state index in [0.717, 1.165) is 96.3 Å². The van der Waals surface area contributed by atoms with Gasteiger partial charge in [-0.2, -0.15) is 0 Å². The highest BCUT2D eigenvalue weighted by molar-refractivity contribution is 7.47. The van der Waals surface area contributed by atoms with Crippen LogP contribution < -0.4 is 5.32 Å². The number of carbonyl (C=O) groups excluding carboxylic acids is 2. The summed E-state index contributed by atoms with van der Waals surface area (Å²) < 4.78 is 30.6. The minimum absolute atomic E-state index is 0.0219. The molecule has 0 saturated heterocycles. The van der Waals surface area contributed by atoms with Gasteiger partial charge in [0, 0.05) is 12.8 Å². The summed E-state index contributed by atoms with van der Waals surface area (Å²) in [6, 6.07) is -0.891. The molecule has 0 spiro atoms. The molecule has 0 fully saturated rings. The van der Waals surface area contributed by atoms with Crippen LogP contribution in [0, 0.1) is 0 Å². The van der Waals surface area contributed by atoms with Crippen LogP contribution in [-0.4, -0.2) is 74.3 Å². The zero-order chi connectivity index (χ0) is 55.0. The van der Waals surface area contributed by atoms with Crippen molar-refractivity contribution >= 4 is 19.7 Å². The fourth-order valence-corrected chi connectivity index (χ4v) is 8.79. The van der Waals surface area contributed by atoms with Gasteiger partial charge in [-0.1, -0.05) is 233 Å². The third-order valence-electron chi connectivity index (χ3n) is 12.7. The molecule has 0 aliphatic carbocycles. The second-order valence-corrected chi connectivity index (χ2v) is 22.6. The Labute approximate surface area is 461 Å². The molecule has 3 unspecified atom stereocenters. The number of nitrogens with one attached hydrogen (secondary N) is 1. The van der Waals surface area contributed by atoms with Crippen molar-refractivity contribution in [2.24, 2.45) is 0 Å². The zero-order valence-corrected chi connectivity index (χ0v) is 49.9. The molecule has 0 aliphatic heterocycles.